The highest BCUT2D eigenvalue weighted by molar-refractivity contribution is 5.82. The number of aromatic nitrogens is 2. The maximum absolute atomic E-state index is 12.6. The lowest BCUT2D eigenvalue weighted by molar-refractivity contribution is -0.138. The molecule has 2 amide bonds. The van der Waals surface area contributed by atoms with Crippen LogP contribution < -0.4 is 0 Å². The average molecular weight is 362 g/mol. The van der Waals surface area contributed by atoms with Gasteiger partial charge in [0.2, 0.25) is 11.8 Å². The van der Waals surface area contributed by atoms with Gasteiger partial charge < -0.3 is 14.8 Å². The molecular weight excluding hydrogens is 340 g/mol. The summed E-state index contributed by atoms with van der Waals surface area (Å²) in [5, 5.41) is 0. The van der Waals surface area contributed by atoms with Gasteiger partial charge in [0.05, 0.1) is 30.2 Å². The first-order valence-electron chi connectivity index (χ1n) is 9.20. The van der Waals surface area contributed by atoms with Gasteiger partial charge in [-0.05, 0) is 23.3 Å². The summed E-state index contributed by atoms with van der Waals surface area (Å²) in [7, 11) is 0. The van der Waals surface area contributed by atoms with Crippen LogP contribution in [0.2, 0.25) is 0 Å². The Morgan fingerprint density at radius 2 is 1.48 bits per heavy atom. The normalized spacial score (nSPS) is 14.5. The number of imidazole rings is 1. The third kappa shape index (κ3) is 4.00. The smallest absolute Gasteiger partial charge is 0.227 e. The van der Waals surface area contributed by atoms with Crippen LogP contribution in [0, 0.1) is 0 Å². The van der Waals surface area contributed by atoms with E-state index >= 15 is 0 Å². The minimum atomic E-state index is 0.101. The molecule has 6 nitrogen and oxygen atoms in total. The zero-order valence-corrected chi connectivity index (χ0v) is 15.1. The molecule has 27 heavy (non-hydrogen) atoms. The Hall–Kier alpha value is -3.15. The fourth-order valence-corrected chi connectivity index (χ4v) is 3.47. The van der Waals surface area contributed by atoms with E-state index in [9.17, 15) is 9.59 Å². The third-order valence-corrected chi connectivity index (χ3v) is 5.02. The monoisotopic (exact) mass is 362 g/mol. The van der Waals surface area contributed by atoms with Gasteiger partial charge in [0, 0.05) is 26.2 Å². The van der Waals surface area contributed by atoms with E-state index < -0.39 is 0 Å². The number of benzene rings is 2. The summed E-state index contributed by atoms with van der Waals surface area (Å²) >= 11 is 0. The molecule has 0 saturated carbocycles. The maximum Gasteiger partial charge on any atom is 0.227 e. The van der Waals surface area contributed by atoms with Crippen molar-refractivity contribution in [3.05, 3.63) is 66.0 Å². The van der Waals surface area contributed by atoms with Gasteiger partial charge >= 0.3 is 0 Å². The minimum Gasteiger partial charge on any atom is -0.345 e. The van der Waals surface area contributed by atoms with E-state index in [4.69, 9.17) is 0 Å². The lowest BCUT2D eigenvalue weighted by Gasteiger charge is -2.35. The molecule has 1 aliphatic rings. The quantitative estimate of drug-likeness (QED) is 0.772. The summed E-state index contributed by atoms with van der Waals surface area (Å²) in [5.41, 5.74) is 3.84. The number of nitrogens with zero attached hydrogens (tertiary/aromatic N) is 3. The van der Waals surface area contributed by atoms with Crippen LogP contribution in [0.4, 0.5) is 0 Å². The molecule has 0 spiro atoms. The Labute approximate surface area is 157 Å². The highest BCUT2D eigenvalue weighted by atomic mass is 16.2. The Morgan fingerprint density at radius 1 is 0.852 bits per heavy atom. The molecule has 0 aliphatic carbocycles. The van der Waals surface area contributed by atoms with E-state index in [1.54, 1.807) is 6.33 Å². The lowest BCUT2D eigenvalue weighted by Crippen LogP contribution is -2.51. The molecule has 1 aliphatic heterocycles. The third-order valence-electron chi connectivity index (χ3n) is 5.02. The van der Waals surface area contributed by atoms with E-state index in [0.29, 0.717) is 39.0 Å². The fourth-order valence-electron chi connectivity index (χ4n) is 3.47. The van der Waals surface area contributed by atoms with Crippen LogP contribution in [-0.4, -0.2) is 57.8 Å². The maximum atomic E-state index is 12.6. The van der Waals surface area contributed by atoms with Crippen molar-refractivity contribution in [1.82, 2.24) is 19.8 Å². The number of H-pyrrole nitrogens is 1. The second kappa shape index (κ2) is 7.61. The number of hydrogen-bond donors (Lipinski definition) is 1. The summed E-state index contributed by atoms with van der Waals surface area (Å²) in [6.45, 7) is 2.37. The summed E-state index contributed by atoms with van der Waals surface area (Å²) in [4.78, 5) is 36.0. The van der Waals surface area contributed by atoms with Crippen LogP contribution in [0.15, 0.2) is 54.9 Å². The molecule has 4 rings (SSSR count). The topological polar surface area (TPSA) is 69.3 Å². The van der Waals surface area contributed by atoms with Gasteiger partial charge in [-0.2, -0.15) is 0 Å². The molecule has 1 fully saturated rings. The van der Waals surface area contributed by atoms with E-state index in [0.717, 1.165) is 22.2 Å². The Bertz CT molecular complexity index is 943. The summed E-state index contributed by atoms with van der Waals surface area (Å²) < 4.78 is 0. The number of piperazine rings is 1. The average Bonchev–Trinajstić information content (AvgIpc) is 3.16. The molecule has 138 valence electrons. The number of carbonyl (C=O) groups is 2. The van der Waals surface area contributed by atoms with Gasteiger partial charge in [0.25, 0.3) is 0 Å². The van der Waals surface area contributed by atoms with Crippen molar-refractivity contribution >= 4 is 22.8 Å². The zero-order chi connectivity index (χ0) is 18.6. The predicted octanol–water partition coefficient (Wildman–Crippen LogP) is 2.02. The van der Waals surface area contributed by atoms with Crippen molar-refractivity contribution in [3.8, 4) is 0 Å². The van der Waals surface area contributed by atoms with Crippen molar-refractivity contribution in [3.63, 3.8) is 0 Å². The molecule has 0 unspecified atom stereocenters. The Morgan fingerprint density at radius 3 is 2.15 bits per heavy atom. The lowest BCUT2D eigenvalue weighted by atomic mass is 10.1. The number of carbonyl (C=O) groups excluding carboxylic acids is 2. The molecule has 0 radical (unpaired) electrons. The van der Waals surface area contributed by atoms with E-state index in [-0.39, 0.29) is 11.8 Å². The van der Waals surface area contributed by atoms with E-state index in [2.05, 4.69) is 9.97 Å². The van der Waals surface area contributed by atoms with Crippen LogP contribution in [0.1, 0.15) is 11.1 Å². The van der Waals surface area contributed by atoms with Crippen molar-refractivity contribution in [1.29, 1.82) is 0 Å². The Kier molecular flexibility index (Phi) is 4.87. The molecule has 2 heterocycles. The standard InChI is InChI=1S/C21H22N4O2/c26-20(13-16-4-2-1-3-5-16)24-8-10-25(11-9-24)21(27)14-17-6-7-18-19(12-17)23-15-22-18/h1-7,12,15H,8-11,13-14H2,(H,22,23). The van der Waals surface area contributed by atoms with Crippen LogP contribution in [0.3, 0.4) is 0 Å². The number of amides is 2. The zero-order valence-electron chi connectivity index (χ0n) is 15.1. The van der Waals surface area contributed by atoms with Gasteiger partial charge in [-0.25, -0.2) is 4.98 Å². The highest BCUT2D eigenvalue weighted by Gasteiger charge is 2.24. The number of rotatable bonds is 4. The molecule has 1 N–H and O–H groups in total. The van der Waals surface area contributed by atoms with Crippen molar-refractivity contribution in [2.45, 2.75) is 12.8 Å². The predicted molar refractivity (Wildman–Crippen MR) is 103 cm³/mol. The van der Waals surface area contributed by atoms with Gasteiger partial charge in [-0.15, -0.1) is 0 Å². The van der Waals surface area contributed by atoms with E-state index in [1.165, 1.54) is 0 Å². The number of aromatic amines is 1. The number of hydrogen-bond acceptors (Lipinski definition) is 3. The first-order chi connectivity index (χ1) is 13.2. The summed E-state index contributed by atoms with van der Waals surface area (Å²) in [5.74, 6) is 0.224. The summed E-state index contributed by atoms with van der Waals surface area (Å²) in [6, 6.07) is 15.6. The highest BCUT2D eigenvalue weighted by Crippen LogP contribution is 2.14. The first-order valence-corrected chi connectivity index (χ1v) is 9.20. The minimum absolute atomic E-state index is 0.101. The number of fused-ring (bicyclic) bond motifs is 1. The fraction of sp³-hybridized carbons (Fsp3) is 0.286. The Balaban J connectivity index is 1.30. The van der Waals surface area contributed by atoms with Crippen molar-refractivity contribution in [2.75, 3.05) is 26.2 Å². The summed E-state index contributed by atoms with van der Waals surface area (Å²) in [6.07, 6.45) is 2.44. The SMILES string of the molecule is O=C(Cc1ccccc1)N1CCN(C(=O)Cc2ccc3nc[nH]c3c2)CC1. The molecular formula is C21H22N4O2. The molecule has 6 heteroatoms. The van der Waals surface area contributed by atoms with Crippen LogP contribution in [0.5, 0.6) is 0 Å². The number of nitrogens with one attached hydrogen (secondary N) is 1. The van der Waals surface area contributed by atoms with Gasteiger partial charge in [0.1, 0.15) is 0 Å². The molecule has 2 aromatic carbocycles. The van der Waals surface area contributed by atoms with Gasteiger partial charge in [-0.3, -0.25) is 9.59 Å². The van der Waals surface area contributed by atoms with Crippen molar-refractivity contribution in [2.24, 2.45) is 0 Å². The molecule has 3 aromatic rings. The van der Waals surface area contributed by atoms with Gasteiger partial charge in [-0.1, -0.05) is 36.4 Å². The second-order valence-corrected chi connectivity index (χ2v) is 6.85. The van der Waals surface area contributed by atoms with E-state index in [1.807, 2.05) is 58.3 Å². The molecule has 1 saturated heterocycles. The molecule has 1 aromatic heterocycles. The van der Waals surface area contributed by atoms with Crippen LogP contribution in [0.25, 0.3) is 11.0 Å². The van der Waals surface area contributed by atoms with Crippen molar-refractivity contribution < 1.29 is 9.59 Å². The van der Waals surface area contributed by atoms with Gasteiger partial charge in [0.15, 0.2) is 0 Å². The van der Waals surface area contributed by atoms with Crippen LogP contribution >= 0.6 is 0 Å². The first kappa shape index (κ1) is 17.3. The second-order valence-electron chi connectivity index (χ2n) is 6.85. The largest absolute Gasteiger partial charge is 0.345 e. The molecule has 0 atom stereocenters. The van der Waals surface area contributed by atoms with Crippen LogP contribution in [-0.2, 0) is 22.4 Å². The molecule has 0 bridgehead atoms.